The highest BCUT2D eigenvalue weighted by Crippen LogP contribution is 2.23. The van der Waals surface area contributed by atoms with Crippen LogP contribution < -0.4 is 10.6 Å². The Morgan fingerprint density at radius 2 is 1.83 bits per heavy atom. The molecule has 1 saturated heterocycles. The second kappa shape index (κ2) is 6.24. The highest BCUT2D eigenvalue weighted by Gasteiger charge is 2.11. The zero-order valence-electron chi connectivity index (χ0n) is 11.8. The van der Waals surface area contributed by atoms with E-state index in [2.05, 4.69) is 36.9 Å². The minimum Gasteiger partial charge on any atom is -0.372 e. The normalized spacial score (nSPS) is 18.5. The zero-order valence-corrected chi connectivity index (χ0v) is 11.8. The molecule has 0 amide bonds. The van der Waals surface area contributed by atoms with Crippen molar-refractivity contribution in [1.29, 1.82) is 0 Å². The molecule has 0 saturated carbocycles. The predicted molar refractivity (Wildman–Crippen MR) is 79.2 cm³/mol. The number of nitrogens with two attached hydrogens (primary N) is 1. The number of benzene rings is 1. The first-order chi connectivity index (χ1) is 8.66. The molecular weight excluding hydrogens is 220 g/mol. The van der Waals surface area contributed by atoms with E-state index in [0.717, 1.165) is 6.42 Å². The number of hydrogen-bond donors (Lipinski definition) is 1. The van der Waals surface area contributed by atoms with Crippen LogP contribution in [0.4, 0.5) is 5.69 Å². The van der Waals surface area contributed by atoms with Gasteiger partial charge < -0.3 is 10.6 Å². The average molecular weight is 246 g/mol. The van der Waals surface area contributed by atoms with Gasteiger partial charge in [-0.2, -0.15) is 0 Å². The van der Waals surface area contributed by atoms with Crippen molar-refractivity contribution in [3.63, 3.8) is 0 Å². The number of aryl methyl sites for hydroxylation is 1. The number of anilines is 1. The third-order valence-corrected chi connectivity index (χ3v) is 3.84. The maximum atomic E-state index is 5.88. The molecule has 1 fully saturated rings. The summed E-state index contributed by atoms with van der Waals surface area (Å²) >= 11 is 0. The summed E-state index contributed by atoms with van der Waals surface area (Å²) in [6, 6.07) is 7.12. The maximum absolute atomic E-state index is 5.88. The molecule has 1 heterocycles. The van der Waals surface area contributed by atoms with Crippen LogP contribution in [0.25, 0.3) is 0 Å². The summed E-state index contributed by atoms with van der Waals surface area (Å²) in [6.45, 7) is 6.71. The Labute approximate surface area is 111 Å². The minimum atomic E-state index is 0.243. The van der Waals surface area contributed by atoms with Gasteiger partial charge in [-0.1, -0.05) is 18.9 Å². The van der Waals surface area contributed by atoms with Crippen LogP contribution >= 0.6 is 0 Å². The van der Waals surface area contributed by atoms with Crippen molar-refractivity contribution in [3.05, 3.63) is 29.3 Å². The van der Waals surface area contributed by atoms with Crippen molar-refractivity contribution in [1.82, 2.24) is 0 Å². The van der Waals surface area contributed by atoms with Crippen LogP contribution in [-0.2, 0) is 6.42 Å². The maximum Gasteiger partial charge on any atom is 0.0369 e. The summed E-state index contributed by atoms with van der Waals surface area (Å²) in [5, 5.41) is 0. The highest BCUT2D eigenvalue weighted by molar-refractivity contribution is 5.51. The molecule has 2 N–H and O–H groups in total. The van der Waals surface area contributed by atoms with Crippen LogP contribution in [0, 0.1) is 6.92 Å². The molecule has 1 atom stereocenters. The van der Waals surface area contributed by atoms with Crippen LogP contribution in [0.3, 0.4) is 0 Å². The largest absolute Gasteiger partial charge is 0.372 e. The number of rotatable bonds is 3. The second-order valence-corrected chi connectivity index (χ2v) is 5.69. The lowest BCUT2D eigenvalue weighted by atomic mass is 10.0. The van der Waals surface area contributed by atoms with Crippen LogP contribution in [0.1, 0.15) is 43.7 Å². The Kier molecular flexibility index (Phi) is 4.65. The first-order valence-corrected chi connectivity index (χ1v) is 7.27. The van der Waals surface area contributed by atoms with Gasteiger partial charge in [-0.05, 0) is 56.4 Å². The van der Waals surface area contributed by atoms with E-state index in [-0.39, 0.29) is 6.04 Å². The van der Waals surface area contributed by atoms with Gasteiger partial charge >= 0.3 is 0 Å². The summed E-state index contributed by atoms with van der Waals surface area (Å²) in [4.78, 5) is 2.54. The average Bonchev–Trinajstić information content (AvgIpc) is 2.60. The number of hydrogen-bond acceptors (Lipinski definition) is 2. The lowest BCUT2D eigenvalue weighted by Crippen LogP contribution is -2.24. The lowest BCUT2D eigenvalue weighted by Gasteiger charge is -2.24. The molecule has 2 heteroatoms. The van der Waals surface area contributed by atoms with Crippen LogP contribution in [0.15, 0.2) is 18.2 Å². The van der Waals surface area contributed by atoms with Crippen LogP contribution in [-0.4, -0.2) is 19.1 Å². The van der Waals surface area contributed by atoms with E-state index in [1.165, 1.54) is 55.6 Å². The predicted octanol–water partition coefficient (Wildman–Crippen LogP) is 3.27. The molecule has 2 nitrogen and oxygen atoms in total. The molecule has 100 valence electrons. The Morgan fingerprint density at radius 1 is 1.17 bits per heavy atom. The smallest absolute Gasteiger partial charge is 0.0369 e. The molecule has 1 aliphatic rings. The molecule has 0 spiro atoms. The van der Waals surface area contributed by atoms with Gasteiger partial charge in [0.15, 0.2) is 0 Å². The van der Waals surface area contributed by atoms with Crippen molar-refractivity contribution in [2.24, 2.45) is 5.73 Å². The number of nitrogens with zero attached hydrogens (tertiary/aromatic N) is 1. The molecule has 2 rings (SSSR count). The minimum absolute atomic E-state index is 0.243. The molecule has 1 aliphatic heterocycles. The van der Waals surface area contributed by atoms with E-state index in [1.54, 1.807) is 0 Å². The van der Waals surface area contributed by atoms with E-state index >= 15 is 0 Å². The fourth-order valence-corrected chi connectivity index (χ4v) is 2.78. The van der Waals surface area contributed by atoms with Gasteiger partial charge in [-0.25, -0.2) is 0 Å². The molecular formula is C16H26N2. The lowest BCUT2D eigenvalue weighted by molar-refractivity contribution is 0.726. The second-order valence-electron chi connectivity index (χ2n) is 5.69. The van der Waals surface area contributed by atoms with E-state index in [0.29, 0.717) is 0 Å². The van der Waals surface area contributed by atoms with Crippen molar-refractivity contribution >= 4 is 5.69 Å². The van der Waals surface area contributed by atoms with E-state index < -0.39 is 0 Å². The monoisotopic (exact) mass is 246 g/mol. The van der Waals surface area contributed by atoms with Gasteiger partial charge in [0.25, 0.3) is 0 Å². The molecule has 18 heavy (non-hydrogen) atoms. The third-order valence-electron chi connectivity index (χ3n) is 3.84. The van der Waals surface area contributed by atoms with Crippen molar-refractivity contribution < 1.29 is 0 Å². The van der Waals surface area contributed by atoms with Gasteiger partial charge in [0, 0.05) is 24.8 Å². The van der Waals surface area contributed by atoms with Gasteiger partial charge in [0.2, 0.25) is 0 Å². The fraction of sp³-hybridized carbons (Fsp3) is 0.625. The fourth-order valence-electron chi connectivity index (χ4n) is 2.78. The first-order valence-electron chi connectivity index (χ1n) is 7.27. The topological polar surface area (TPSA) is 29.3 Å². The third kappa shape index (κ3) is 3.49. The van der Waals surface area contributed by atoms with Gasteiger partial charge in [0.1, 0.15) is 0 Å². The summed E-state index contributed by atoms with van der Waals surface area (Å²) in [7, 11) is 0. The van der Waals surface area contributed by atoms with E-state index in [1.807, 2.05) is 0 Å². The molecule has 1 aromatic carbocycles. The van der Waals surface area contributed by atoms with Gasteiger partial charge in [-0.3, -0.25) is 0 Å². The molecule has 1 aromatic rings. The van der Waals surface area contributed by atoms with Gasteiger partial charge in [0.05, 0.1) is 0 Å². The van der Waals surface area contributed by atoms with Gasteiger partial charge in [-0.15, -0.1) is 0 Å². The van der Waals surface area contributed by atoms with E-state index in [9.17, 15) is 0 Å². The Hall–Kier alpha value is -1.02. The Balaban J connectivity index is 2.11. The first kappa shape index (κ1) is 13.4. The van der Waals surface area contributed by atoms with Crippen LogP contribution in [0.5, 0.6) is 0 Å². The van der Waals surface area contributed by atoms with Crippen molar-refractivity contribution in [2.45, 2.75) is 52.0 Å². The molecule has 0 radical (unpaired) electrons. The summed E-state index contributed by atoms with van der Waals surface area (Å²) in [5.41, 5.74) is 10.1. The summed E-state index contributed by atoms with van der Waals surface area (Å²) in [6.07, 6.45) is 6.42. The molecule has 0 bridgehead atoms. The molecule has 1 unspecified atom stereocenters. The Morgan fingerprint density at radius 3 is 2.39 bits per heavy atom. The highest BCUT2D eigenvalue weighted by atomic mass is 15.1. The van der Waals surface area contributed by atoms with Crippen molar-refractivity contribution in [3.8, 4) is 0 Å². The van der Waals surface area contributed by atoms with Crippen molar-refractivity contribution in [2.75, 3.05) is 18.0 Å². The summed E-state index contributed by atoms with van der Waals surface area (Å²) < 4.78 is 0. The molecule has 0 aromatic heterocycles. The quantitative estimate of drug-likeness (QED) is 0.887. The summed E-state index contributed by atoms with van der Waals surface area (Å²) in [5.74, 6) is 0. The standard InChI is InChI=1S/C16H26N2/c1-13-11-16(8-7-15(13)12-14(2)17)18-9-5-3-4-6-10-18/h7-8,11,14H,3-6,9-10,12,17H2,1-2H3. The molecule has 0 aliphatic carbocycles. The van der Waals surface area contributed by atoms with Crippen LogP contribution in [0.2, 0.25) is 0 Å². The SMILES string of the molecule is Cc1cc(N2CCCCCC2)ccc1CC(C)N. The zero-order chi connectivity index (χ0) is 13.0. The van der Waals surface area contributed by atoms with E-state index in [4.69, 9.17) is 5.73 Å². The Bertz CT molecular complexity index is 377.